The van der Waals surface area contributed by atoms with Crippen LogP contribution in [0.5, 0.6) is 0 Å². The van der Waals surface area contributed by atoms with E-state index in [1.165, 1.54) is 6.07 Å². The molecule has 4 aromatic rings. The quantitative estimate of drug-likeness (QED) is 0.302. The standard InChI is InChI=1S/C29H30F2N4O3/c1-17(2)27-26(29(38)33-14-19-7-10-23(30)24(31)12-19)22-9-8-20(28(37)34-18(3)16-36)13-25(22)35(27)15-21-6-4-5-11-32-21/h4-13,17-18,36H,14-16H2,1-3H3,(H,33,38)(H,34,37)/t18-/m1/s1. The van der Waals surface area contributed by atoms with Crippen LogP contribution in [0.2, 0.25) is 0 Å². The lowest BCUT2D eigenvalue weighted by Crippen LogP contribution is -2.34. The summed E-state index contributed by atoms with van der Waals surface area (Å²) < 4.78 is 29.0. The van der Waals surface area contributed by atoms with Crippen LogP contribution in [-0.4, -0.2) is 39.1 Å². The molecule has 2 amide bonds. The minimum atomic E-state index is -0.979. The van der Waals surface area contributed by atoms with Crippen LogP contribution >= 0.6 is 0 Å². The third kappa shape index (κ3) is 5.73. The predicted octanol–water partition coefficient (Wildman–Crippen LogP) is 4.53. The first-order valence-electron chi connectivity index (χ1n) is 12.4. The normalized spacial score (nSPS) is 12.1. The van der Waals surface area contributed by atoms with E-state index in [0.29, 0.717) is 34.1 Å². The Kier molecular flexibility index (Phi) is 8.16. The van der Waals surface area contributed by atoms with Crippen LogP contribution in [0.4, 0.5) is 8.78 Å². The molecule has 38 heavy (non-hydrogen) atoms. The van der Waals surface area contributed by atoms with Crippen LogP contribution in [0.3, 0.4) is 0 Å². The Hall–Kier alpha value is -4.11. The second-order valence-corrected chi connectivity index (χ2v) is 9.54. The van der Waals surface area contributed by atoms with Crippen molar-refractivity contribution in [2.24, 2.45) is 0 Å². The predicted molar refractivity (Wildman–Crippen MR) is 141 cm³/mol. The molecule has 0 saturated heterocycles. The number of hydrogen-bond acceptors (Lipinski definition) is 4. The number of aliphatic hydroxyl groups excluding tert-OH is 1. The van der Waals surface area contributed by atoms with Gasteiger partial charge in [-0.15, -0.1) is 0 Å². The summed E-state index contributed by atoms with van der Waals surface area (Å²) in [4.78, 5) is 30.8. The van der Waals surface area contributed by atoms with Gasteiger partial charge >= 0.3 is 0 Å². The molecule has 0 unspecified atom stereocenters. The number of pyridine rings is 1. The SMILES string of the molecule is CC(C)c1c(C(=O)NCc2ccc(F)c(F)c2)c2ccc(C(=O)N[C@H](C)CO)cc2n1Cc1ccccn1. The first-order valence-corrected chi connectivity index (χ1v) is 12.4. The molecular formula is C29H30F2N4O3. The van der Waals surface area contributed by atoms with Crippen LogP contribution < -0.4 is 10.6 Å². The average Bonchev–Trinajstić information content (AvgIpc) is 3.23. The van der Waals surface area contributed by atoms with Crippen molar-refractivity contribution in [3.8, 4) is 0 Å². The number of fused-ring (bicyclic) bond motifs is 1. The van der Waals surface area contributed by atoms with E-state index in [0.717, 1.165) is 23.5 Å². The van der Waals surface area contributed by atoms with Gasteiger partial charge in [0.2, 0.25) is 0 Å². The first kappa shape index (κ1) is 26.9. The molecule has 0 aliphatic heterocycles. The lowest BCUT2D eigenvalue weighted by atomic mass is 10.0. The minimum Gasteiger partial charge on any atom is -0.394 e. The number of nitrogens with one attached hydrogen (secondary N) is 2. The van der Waals surface area contributed by atoms with E-state index in [4.69, 9.17) is 0 Å². The van der Waals surface area contributed by atoms with Gasteiger partial charge in [0.25, 0.3) is 11.8 Å². The smallest absolute Gasteiger partial charge is 0.254 e. The number of nitrogens with zero attached hydrogens (tertiary/aromatic N) is 2. The van der Waals surface area contributed by atoms with Crippen molar-refractivity contribution < 1.29 is 23.5 Å². The number of carbonyl (C=O) groups excluding carboxylic acids is 2. The number of halogens is 2. The molecule has 0 bridgehead atoms. The van der Waals surface area contributed by atoms with Crippen molar-refractivity contribution in [3.63, 3.8) is 0 Å². The topological polar surface area (TPSA) is 96.3 Å². The molecule has 2 aromatic heterocycles. The molecule has 0 radical (unpaired) electrons. The molecule has 198 valence electrons. The number of hydrogen-bond donors (Lipinski definition) is 3. The summed E-state index contributed by atoms with van der Waals surface area (Å²) in [7, 11) is 0. The maximum Gasteiger partial charge on any atom is 0.254 e. The van der Waals surface area contributed by atoms with Gasteiger partial charge in [0, 0.05) is 35.4 Å². The highest BCUT2D eigenvalue weighted by Gasteiger charge is 2.26. The maximum atomic E-state index is 13.7. The fourth-order valence-electron chi connectivity index (χ4n) is 4.45. The third-order valence-electron chi connectivity index (χ3n) is 6.28. The highest BCUT2D eigenvalue weighted by atomic mass is 19.2. The number of aromatic nitrogens is 2. The zero-order chi connectivity index (χ0) is 27.4. The van der Waals surface area contributed by atoms with Crippen molar-refractivity contribution in [1.82, 2.24) is 20.2 Å². The van der Waals surface area contributed by atoms with E-state index in [1.54, 1.807) is 31.3 Å². The van der Waals surface area contributed by atoms with Crippen LogP contribution in [0, 0.1) is 11.6 Å². The highest BCUT2D eigenvalue weighted by molar-refractivity contribution is 6.10. The summed E-state index contributed by atoms with van der Waals surface area (Å²) in [6.45, 7) is 5.85. The molecule has 1 atom stereocenters. The Morgan fingerprint density at radius 1 is 1.00 bits per heavy atom. The molecule has 4 rings (SSSR count). The van der Waals surface area contributed by atoms with Crippen LogP contribution in [-0.2, 0) is 13.1 Å². The Morgan fingerprint density at radius 3 is 2.45 bits per heavy atom. The maximum absolute atomic E-state index is 13.7. The molecule has 0 aliphatic carbocycles. The average molecular weight is 521 g/mol. The molecule has 0 spiro atoms. The van der Waals surface area contributed by atoms with Crippen molar-refractivity contribution in [2.75, 3.05) is 6.61 Å². The number of carbonyl (C=O) groups is 2. The van der Waals surface area contributed by atoms with Crippen molar-refractivity contribution in [2.45, 2.75) is 45.8 Å². The Balaban J connectivity index is 1.79. The van der Waals surface area contributed by atoms with Crippen LogP contribution in [0.1, 0.15) is 64.4 Å². The largest absolute Gasteiger partial charge is 0.394 e. The monoisotopic (exact) mass is 520 g/mol. The van der Waals surface area contributed by atoms with Crippen molar-refractivity contribution in [1.29, 1.82) is 0 Å². The summed E-state index contributed by atoms with van der Waals surface area (Å²) >= 11 is 0. The van der Waals surface area contributed by atoms with Gasteiger partial charge in [0.15, 0.2) is 11.6 Å². The Bertz CT molecular complexity index is 1470. The Morgan fingerprint density at radius 2 is 1.79 bits per heavy atom. The van der Waals surface area contributed by atoms with E-state index in [1.807, 2.05) is 36.6 Å². The van der Waals surface area contributed by atoms with Gasteiger partial charge in [-0.05, 0) is 54.8 Å². The fraction of sp³-hybridized carbons (Fsp3) is 0.276. The molecule has 0 aliphatic rings. The van der Waals surface area contributed by atoms with Gasteiger partial charge in [-0.3, -0.25) is 14.6 Å². The van der Waals surface area contributed by atoms with E-state index >= 15 is 0 Å². The minimum absolute atomic E-state index is 0.0139. The lowest BCUT2D eigenvalue weighted by molar-refractivity contribution is 0.0920. The van der Waals surface area contributed by atoms with Gasteiger partial charge in [0.1, 0.15) is 0 Å². The van der Waals surface area contributed by atoms with Crippen molar-refractivity contribution >= 4 is 22.7 Å². The molecule has 7 nitrogen and oxygen atoms in total. The second kappa shape index (κ2) is 11.5. The van der Waals surface area contributed by atoms with Crippen molar-refractivity contribution in [3.05, 3.63) is 101 Å². The van der Waals surface area contributed by atoms with Gasteiger partial charge in [-0.2, -0.15) is 0 Å². The van der Waals surface area contributed by atoms with Gasteiger partial charge in [-0.25, -0.2) is 8.78 Å². The zero-order valence-corrected chi connectivity index (χ0v) is 21.5. The van der Waals surface area contributed by atoms with Gasteiger partial charge in [0.05, 0.1) is 29.9 Å². The third-order valence-corrected chi connectivity index (χ3v) is 6.28. The molecule has 0 saturated carbocycles. The highest BCUT2D eigenvalue weighted by Crippen LogP contribution is 2.33. The summed E-state index contributed by atoms with van der Waals surface area (Å²) in [5, 5.41) is 15.6. The summed E-state index contributed by atoms with van der Waals surface area (Å²) in [6, 6.07) is 13.8. The molecular weight excluding hydrogens is 490 g/mol. The van der Waals surface area contributed by atoms with E-state index in [9.17, 15) is 23.5 Å². The summed E-state index contributed by atoms with van der Waals surface area (Å²) in [6.07, 6.45) is 1.70. The Labute approximate surface area is 219 Å². The number of benzene rings is 2. The van der Waals surface area contributed by atoms with E-state index in [2.05, 4.69) is 15.6 Å². The molecule has 9 heteroatoms. The lowest BCUT2D eigenvalue weighted by Gasteiger charge is -2.15. The molecule has 0 fully saturated rings. The molecule has 2 aromatic carbocycles. The van der Waals surface area contributed by atoms with E-state index < -0.39 is 17.7 Å². The van der Waals surface area contributed by atoms with E-state index in [-0.39, 0.29) is 30.9 Å². The zero-order valence-electron chi connectivity index (χ0n) is 21.5. The van der Waals surface area contributed by atoms with Gasteiger partial charge in [-0.1, -0.05) is 32.0 Å². The first-order chi connectivity index (χ1) is 18.2. The van der Waals surface area contributed by atoms with Crippen LogP contribution in [0.25, 0.3) is 10.9 Å². The molecule has 2 heterocycles. The molecule has 3 N–H and O–H groups in total. The second-order valence-electron chi connectivity index (χ2n) is 9.54. The number of rotatable bonds is 9. The number of aliphatic hydroxyl groups is 1. The van der Waals surface area contributed by atoms with Gasteiger partial charge < -0.3 is 20.3 Å². The number of amides is 2. The van der Waals surface area contributed by atoms with Crippen LogP contribution in [0.15, 0.2) is 60.8 Å². The fourth-order valence-corrected chi connectivity index (χ4v) is 4.45. The summed E-state index contributed by atoms with van der Waals surface area (Å²) in [5.41, 5.74) is 3.49. The summed E-state index contributed by atoms with van der Waals surface area (Å²) in [5.74, 6) is -2.70.